The molecule has 0 spiro atoms. The SMILES string of the molecule is ClN(Cl)[SiH](Cl)Cl. The summed E-state index contributed by atoms with van der Waals surface area (Å²) in [6.45, 7) is 0. The van der Waals surface area contributed by atoms with E-state index in [9.17, 15) is 0 Å². The summed E-state index contributed by atoms with van der Waals surface area (Å²) in [4.78, 5) is 0. The molecule has 0 unspecified atom stereocenters. The number of hydrogen-bond acceptors (Lipinski definition) is 1. The average molecular weight is 185 g/mol. The van der Waals surface area contributed by atoms with Crippen molar-refractivity contribution in [2.45, 2.75) is 0 Å². The van der Waals surface area contributed by atoms with E-state index in [1.807, 2.05) is 0 Å². The molecule has 0 aliphatic rings. The summed E-state index contributed by atoms with van der Waals surface area (Å²) in [5, 5.41) is 0. The van der Waals surface area contributed by atoms with Crippen molar-refractivity contribution >= 4 is 53.3 Å². The van der Waals surface area contributed by atoms with E-state index >= 15 is 0 Å². The average Bonchev–Trinajstić information content (AvgIpc) is 1.36. The maximum absolute atomic E-state index is 5.18. The van der Waals surface area contributed by atoms with Gasteiger partial charge in [-0.3, -0.25) is 0 Å². The van der Waals surface area contributed by atoms with Gasteiger partial charge in [-0.2, -0.15) is 0 Å². The third kappa shape index (κ3) is 3.52. The zero-order valence-electron chi connectivity index (χ0n) is 2.54. The third-order valence-corrected chi connectivity index (χ3v) is 3.98. The monoisotopic (exact) mass is 183 g/mol. The minimum Gasteiger partial charge on any atom is -0.128 e. The Hall–Kier alpha value is 1.34. The van der Waals surface area contributed by atoms with Gasteiger partial charge in [0.15, 0.2) is 0 Å². The first-order valence-electron chi connectivity index (χ1n) is 1.03. The van der Waals surface area contributed by atoms with Crippen LogP contribution in [0.1, 0.15) is 0 Å². The summed E-state index contributed by atoms with van der Waals surface area (Å²) in [6, 6.07) is 0. The quantitative estimate of drug-likeness (QED) is 0.342. The first kappa shape index (κ1) is 7.34. The van der Waals surface area contributed by atoms with E-state index in [-0.39, 0.29) is 0 Å². The van der Waals surface area contributed by atoms with Crippen LogP contribution in [0.5, 0.6) is 0 Å². The summed E-state index contributed by atoms with van der Waals surface area (Å²) in [5.74, 6) is 0. The van der Waals surface area contributed by atoms with E-state index in [0.29, 0.717) is 0 Å². The van der Waals surface area contributed by atoms with Crippen LogP contribution in [-0.2, 0) is 0 Å². The van der Waals surface area contributed by atoms with Gasteiger partial charge in [0, 0.05) is 0 Å². The van der Waals surface area contributed by atoms with Gasteiger partial charge in [0.05, 0.1) is 0 Å². The molecule has 0 aliphatic carbocycles. The number of hydrogen-bond donors (Lipinski definition) is 0. The van der Waals surface area contributed by atoms with E-state index in [1.54, 1.807) is 0 Å². The van der Waals surface area contributed by atoms with Crippen LogP contribution in [0.15, 0.2) is 0 Å². The molecule has 0 saturated heterocycles. The highest BCUT2D eigenvalue weighted by molar-refractivity contribution is 7.34. The molecule has 0 atom stereocenters. The molecular weight excluding hydrogens is 184 g/mol. The van der Waals surface area contributed by atoms with Crippen LogP contribution < -0.4 is 0 Å². The van der Waals surface area contributed by atoms with Crippen LogP contribution in [0.2, 0.25) is 0 Å². The van der Waals surface area contributed by atoms with E-state index in [2.05, 4.69) is 0 Å². The molecule has 0 aromatic rings. The van der Waals surface area contributed by atoms with Crippen molar-refractivity contribution in [2.75, 3.05) is 0 Å². The summed E-state index contributed by atoms with van der Waals surface area (Å²) in [6.07, 6.45) is 0. The molecule has 6 heteroatoms. The van der Waals surface area contributed by atoms with Crippen molar-refractivity contribution in [1.82, 2.24) is 3.60 Å². The molecule has 0 aromatic carbocycles. The number of nitrogens with zero attached hydrogens (tertiary/aromatic N) is 1. The van der Waals surface area contributed by atoms with E-state index in [4.69, 9.17) is 45.7 Å². The lowest BCUT2D eigenvalue weighted by Crippen LogP contribution is -2.07. The molecule has 0 aliphatic heterocycles. The molecule has 0 bridgehead atoms. The van der Waals surface area contributed by atoms with Gasteiger partial charge in [-0.05, 0) is 23.6 Å². The van der Waals surface area contributed by atoms with Crippen LogP contribution in [0, 0.1) is 0 Å². The highest BCUT2D eigenvalue weighted by Crippen LogP contribution is 2.09. The van der Waals surface area contributed by atoms with E-state index < -0.39 is 7.58 Å². The molecule has 0 saturated carbocycles. The fourth-order valence-corrected chi connectivity index (χ4v) is 0. The van der Waals surface area contributed by atoms with E-state index in [1.165, 1.54) is 0 Å². The lowest BCUT2D eigenvalue weighted by atomic mass is 13.8. The van der Waals surface area contributed by atoms with Crippen molar-refractivity contribution in [1.29, 1.82) is 0 Å². The zero-order valence-corrected chi connectivity index (χ0v) is 6.71. The second-order valence-electron chi connectivity index (χ2n) is 0.537. The topological polar surface area (TPSA) is 3.24 Å². The fraction of sp³-hybridized carbons (Fsp3) is 0. The maximum atomic E-state index is 5.18. The Balaban J connectivity index is 2.99. The molecule has 0 fully saturated rings. The van der Waals surface area contributed by atoms with Crippen molar-refractivity contribution in [3.63, 3.8) is 0 Å². The van der Waals surface area contributed by atoms with Crippen LogP contribution in [-0.4, -0.2) is 11.2 Å². The first-order valence-corrected chi connectivity index (χ1v) is 5.72. The van der Waals surface area contributed by atoms with Crippen molar-refractivity contribution in [2.24, 2.45) is 0 Å². The summed E-state index contributed by atoms with van der Waals surface area (Å²) in [7, 11) is -1.94. The van der Waals surface area contributed by atoms with Gasteiger partial charge >= 0.3 is 7.58 Å². The molecule has 0 amide bonds. The summed E-state index contributed by atoms with van der Waals surface area (Å²) < 4.78 is 0.781. The lowest BCUT2D eigenvalue weighted by Gasteiger charge is -1.97. The summed E-state index contributed by atoms with van der Waals surface area (Å²) in [5.41, 5.74) is 0. The molecule has 0 radical (unpaired) electrons. The lowest BCUT2D eigenvalue weighted by molar-refractivity contribution is 1.17. The normalized spacial score (nSPS) is 11.0. The second-order valence-corrected chi connectivity index (χ2v) is 6.32. The molecule has 6 heavy (non-hydrogen) atoms. The Labute approximate surface area is 57.0 Å². The van der Waals surface area contributed by atoms with Gasteiger partial charge in [-0.1, -0.05) is 0 Å². The highest BCUT2D eigenvalue weighted by Gasteiger charge is 2.07. The zero-order chi connectivity index (χ0) is 5.15. The molecule has 0 heterocycles. The summed E-state index contributed by atoms with van der Waals surface area (Å²) >= 11 is 20.4. The van der Waals surface area contributed by atoms with Crippen molar-refractivity contribution in [3.05, 3.63) is 0 Å². The van der Waals surface area contributed by atoms with Gasteiger partial charge in [-0.25, -0.2) is 0 Å². The third-order valence-electron chi connectivity index (χ3n) is 0.148. The van der Waals surface area contributed by atoms with Gasteiger partial charge in [0.25, 0.3) is 0 Å². The standard InChI is InChI=1S/Cl4HNSi/c1-5(2)6(3)4/h6H. The van der Waals surface area contributed by atoms with Crippen LogP contribution >= 0.6 is 45.7 Å². The Kier molecular flexibility index (Phi) is 4.10. The molecule has 0 N–H and O–H groups in total. The van der Waals surface area contributed by atoms with Crippen LogP contribution in [0.3, 0.4) is 0 Å². The number of halogens is 4. The van der Waals surface area contributed by atoms with Gasteiger partial charge in [0.2, 0.25) is 0 Å². The minimum atomic E-state index is -1.94. The maximum Gasteiger partial charge on any atom is 0.339 e. The van der Waals surface area contributed by atoms with Crippen molar-refractivity contribution < 1.29 is 0 Å². The molecular formula is HCl4NSi. The first-order chi connectivity index (χ1) is 2.64. The molecule has 0 rings (SSSR count). The Morgan fingerprint density at radius 2 is 1.33 bits per heavy atom. The van der Waals surface area contributed by atoms with Gasteiger partial charge < -0.3 is 0 Å². The minimum absolute atomic E-state index is 0.781. The predicted molar refractivity (Wildman–Crippen MR) is 32.4 cm³/mol. The predicted octanol–water partition coefficient (Wildman–Crippen LogP) is 1.79. The molecule has 38 valence electrons. The largest absolute Gasteiger partial charge is 0.339 e. The van der Waals surface area contributed by atoms with Crippen molar-refractivity contribution in [3.8, 4) is 0 Å². The van der Waals surface area contributed by atoms with Crippen LogP contribution in [0.25, 0.3) is 0 Å². The van der Waals surface area contributed by atoms with Crippen LogP contribution in [0.4, 0.5) is 0 Å². The van der Waals surface area contributed by atoms with Gasteiger partial charge in [0.1, 0.15) is 0 Å². The van der Waals surface area contributed by atoms with E-state index in [0.717, 1.165) is 3.60 Å². The second kappa shape index (κ2) is 3.35. The Morgan fingerprint density at radius 3 is 1.33 bits per heavy atom. The molecule has 0 aromatic heterocycles. The fourth-order valence-electron chi connectivity index (χ4n) is 0. The Bertz CT molecular complexity index is 28.5. The van der Waals surface area contributed by atoms with Gasteiger partial charge in [-0.15, -0.1) is 25.8 Å². The number of rotatable bonds is 1. The highest BCUT2D eigenvalue weighted by atomic mass is 35.7. The molecule has 1 nitrogen and oxygen atoms in total. The Morgan fingerprint density at radius 1 is 1.17 bits per heavy atom. The smallest absolute Gasteiger partial charge is 0.128 e.